The Bertz CT molecular complexity index is 898. The average Bonchev–Trinajstić information content (AvgIpc) is 2.82. The minimum absolute atomic E-state index is 0.00682. The molecule has 0 saturated carbocycles. The maximum absolute atomic E-state index is 6.31. The highest BCUT2D eigenvalue weighted by Gasteiger charge is 2.23. The van der Waals surface area contributed by atoms with E-state index in [9.17, 15) is 0 Å². The predicted molar refractivity (Wildman–Crippen MR) is 105 cm³/mol. The van der Waals surface area contributed by atoms with E-state index in [1.54, 1.807) is 0 Å². The van der Waals surface area contributed by atoms with E-state index in [0.29, 0.717) is 5.02 Å². The number of hydrogen-bond acceptors (Lipinski definition) is 3. The molecule has 1 unspecified atom stereocenters. The van der Waals surface area contributed by atoms with Crippen LogP contribution in [0.1, 0.15) is 23.7 Å². The van der Waals surface area contributed by atoms with Gasteiger partial charge in [-0.25, -0.2) is 0 Å². The van der Waals surface area contributed by atoms with Crippen LogP contribution in [0.15, 0.2) is 66.9 Å². The highest BCUT2D eigenvalue weighted by Crippen LogP contribution is 2.35. The summed E-state index contributed by atoms with van der Waals surface area (Å²) in [5, 5.41) is 0.650. The molecule has 1 aliphatic rings. The standard InChI is InChI=1S/C22H21ClN2O/c1-25-13-11-21(26-22-8-3-2-6-19(22)23)18-10-9-16(14-17(18)15-25)20-7-4-5-12-24-20/h2-10,12,14,21H,11,13,15H2,1H3. The predicted octanol–water partition coefficient (Wildman–Crippen LogP) is 5.36. The summed E-state index contributed by atoms with van der Waals surface area (Å²) < 4.78 is 6.31. The first-order chi connectivity index (χ1) is 12.7. The minimum atomic E-state index is -0.00682. The number of rotatable bonds is 3. The van der Waals surface area contributed by atoms with Crippen LogP contribution in [0.3, 0.4) is 0 Å². The van der Waals surface area contributed by atoms with E-state index in [1.807, 2.05) is 48.7 Å². The molecule has 0 saturated heterocycles. The van der Waals surface area contributed by atoms with Crippen molar-refractivity contribution in [1.29, 1.82) is 0 Å². The second kappa shape index (κ2) is 7.48. The van der Waals surface area contributed by atoms with Gasteiger partial charge in [0.25, 0.3) is 0 Å². The second-order valence-electron chi connectivity index (χ2n) is 6.69. The van der Waals surface area contributed by atoms with E-state index in [2.05, 4.69) is 35.1 Å². The Morgan fingerprint density at radius 2 is 1.92 bits per heavy atom. The molecule has 132 valence electrons. The molecule has 0 amide bonds. The number of benzene rings is 2. The Labute approximate surface area is 159 Å². The van der Waals surface area contributed by atoms with Crippen molar-refractivity contribution < 1.29 is 4.74 Å². The van der Waals surface area contributed by atoms with Crippen molar-refractivity contribution in [2.45, 2.75) is 19.1 Å². The molecule has 0 aliphatic carbocycles. The number of ether oxygens (including phenoxy) is 1. The molecule has 26 heavy (non-hydrogen) atoms. The van der Waals surface area contributed by atoms with Crippen molar-refractivity contribution in [3.8, 4) is 17.0 Å². The maximum atomic E-state index is 6.31. The molecule has 2 heterocycles. The lowest BCUT2D eigenvalue weighted by molar-refractivity contribution is 0.183. The first-order valence-electron chi connectivity index (χ1n) is 8.84. The number of para-hydroxylation sites is 1. The zero-order chi connectivity index (χ0) is 17.9. The van der Waals surface area contributed by atoms with Crippen LogP contribution in [-0.4, -0.2) is 23.5 Å². The Morgan fingerprint density at radius 1 is 1.08 bits per heavy atom. The van der Waals surface area contributed by atoms with Gasteiger partial charge in [0, 0.05) is 31.3 Å². The lowest BCUT2D eigenvalue weighted by Crippen LogP contribution is -2.18. The van der Waals surface area contributed by atoms with Crippen LogP contribution in [0.4, 0.5) is 0 Å². The molecule has 0 bridgehead atoms. The van der Waals surface area contributed by atoms with E-state index in [0.717, 1.165) is 36.5 Å². The van der Waals surface area contributed by atoms with Crippen molar-refractivity contribution in [1.82, 2.24) is 9.88 Å². The Morgan fingerprint density at radius 3 is 2.73 bits per heavy atom. The summed E-state index contributed by atoms with van der Waals surface area (Å²) in [6, 6.07) is 20.2. The van der Waals surface area contributed by atoms with Gasteiger partial charge in [0.1, 0.15) is 11.9 Å². The Hall–Kier alpha value is -2.36. The normalized spacial score (nSPS) is 17.4. The summed E-state index contributed by atoms with van der Waals surface area (Å²) in [4.78, 5) is 6.81. The Kier molecular flexibility index (Phi) is 4.91. The van der Waals surface area contributed by atoms with Crippen molar-refractivity contribution in [2.24, 2.45) is 0 Å². The molecule has 1 aliphatic heterocycles. The van der Waals surface area contributed by atoms with Crippen molar-refractivity contribution in [2.75, 3.05) is 13.6 Å². The third-order valence-electron chi connectivity index (χ3n) is 4.77. The monoisotopic (exact) mass is 364 g/mol. The number of fused-ring (bicyclic) bond motifs is 1. The zero-order valence-corrected chi connectivity index (χ0v) is 15.5. The van der Waals surface area contributed by atoms with Crippen LogP contribution in [0.25, 0.3) is 11.3 Å². The van der Waals surface area contributed by atoms with E-state index in [-0.39, 0.29) is 6.10 Å². The highest BCUT2D eigenvalue weighted by atomic mass is 35.5. The fourth-order valence-corrected chi connectivity index (χ4v) is 3.61. The van der Waals surface area contributed by atoms with Gasteiger partial charge >= 0.3 is 0 Å². The lowest BCUT2D eigenvalue weighted by atomic mass is 9.97. The number of hydrogen-bond donors (Lipinski definition) is 0. The maximum Gasteiger partial charge on any atom is 0.138 e. The van der Waals surface area contributed by atoms with Crippen molar-refractivity contribution >= 4 is 11.6 Å². The van der Waals surface area contributed by atoms with Crippen LogP contribution in [0.5, 0.6) is 5.75 Å². The van der Waals surface area contributed by atoms with Gasteiger partial charge < -0.3 is 9.64 Å². The van der Waals surface area contributed by atoms with Gasteiger partial charge in [-0.2, -0.15) is 0 Å². The first-order valence-corrected chi connectivity index (χ1v) is 9.22. The molecule has 3 aromatic rings. The Balaban J connectivity index is 1.70. The number of pyridine rings is 1. The third-order valence-corrected chi connectivity index (χ3v) is 5.08. The SMILES string of the molecule is CN1CCC(Oc2ccccc2Cl)c2ccc(-c3ccccn3)cc2C1. The molecule has 1 aromatic heterocycles. The van der Waals surface area contributed by atoms with Crippen molar-refractivity contribution in [3.63, 3.8) is 0 Å². The second-order valence-corrected chi connectivity index (χ2v) is 7.10. The molecular weight excluding hydrogens is 344 g/mol. The van der Waals surface area contributed by atoms with Gasteiger partial charge in [0.05, 0.1) is 10.7 Å². The van der Waals surface area contributed by atoms with Crippen LogP contribution in [0.2, 0.25) is 5.02 Å². The zero-order valence-electron chi connectivity index (χ0n) is 14.7. The van der Waals surface area contributed by atoms with Crippen molar-refractivity contribution in [3.05, 3.63) is 83.0 Å². The molecule has 2 aromatic carbocycles. The molecule has 0 radical (unpaired) electrons. The van der Waals surface area contributed by atoms with Gasteiger partial charge in [0.15, 0.2) is 0 Å². The number of aromatic nitrogens is 1. The molecule has 0 N–H and O–H groups in total. The van der Waals surface area contributed by atoms with Crippen LogP contribution >= 0.6 is 11.6 Å². The fraction of sp³-hybridized carbons (Fsp3) is 0.227. The third kappa shape index (κ3) is 3.59. The average molecular weight is 365 g/mol. The van der Waals surface area contributed by atoms with Gasteiger partial charge in [-0.15, -0.1) is 0 Å². The summed E-state index contributed by atoms with van der Waals surface area (Å²) in [5.74, 6) is 0.739. The topological polar surface area (TPSA) is 25.4 Å². The number of nitrogens with zero attached hydrogens (tertiary/aromatic N) is 2. The lowest BCUT2D eigenvalue weighted by Gasteiger charge is -2.20. The summed E-state index contributed by atoms with van der Waals surface area (Å²) >= 11 is 6.30. The van der Waals surface area contributed by atoms with Crippen LogP contribution in [0, 0.1) is 0 Å². The van der Waals surface area contributed by atoms with Gasteiger partial charge in [0.2, 0.25) is 0 Å². The molecule has 3 nitrogen and oxygen atoms in total. The van der Waals surface area contributed by atoms with E-state index < -0.39 is 0 Å². The smallest absolute Gasteiger partial charge is 0.138 e. The van der Waals surface area contributed by atoms with E-state index >= 15 is 0 Å². The van der Waals surface area contributed by atoms with E-state index in [4.69, 9.17) is 16.3 Å². The summed E-state index contributed by atoms with van der Waals surface area (Å²) in [5.41, 5.74) is 4.64. The van der Waals surface area contributed by atoms with Gasteiger partial charge in [-0.05, 0) is 48.5 Å². The molecule has 0 fully saturated rings. The van der Waals surface area contributed by atoms with Gasteiger partial charge in [-0.3, -0.25) is 4.98 Å². The number of halogens is 1. The molecule has 0 spiro atoms. The van der Waals surface area contributed by atoms with Crippen LogP contribution < -0.4 is 4.74 Å². The molecule has 1 atom stereocenters. The summed E-state index contributed by atoms with van der Waals surface area (Å²) in [6.07, 6.45) is 2.75. The highest BCUT2D eigenvalue weighted by molar-refractivity contribution is 6.32. The molecule has 4 heteroatoms. The molecular formula is C22H21ClN2O. The fourth-order valence-electron chi connectivity index (χ4n) is 3.43. The van der Waals surface area contributed by atoms with E-state index in [1.165, 1.54) is 11.1 Å². The molecule has 4 rings (SSSR count). The summed E-state index contributed by atoms with van der Waals surface area (Å²) in [7, 11) is 2.15. The summed E-state index contributed by atoms with van der Waals surface area (Å²) in [6.45, 7) is 1.88. The largest absolute Gasteiger partial charge is 0.484 e. The van der Waals surface area contributed by atoms with Crippen LogP contribution in [-0.2, 0) is 6.54 Å². The van der Waals surface area contributed by atoms with Gasteiger partial charge in [-0.1, -0.05) is 41.9 Å². The first kappa shape index (κ1) is 17.1. The quantitative estimate of drug-likeness (QED) is 0.625. The minimum Gasteiger partial charge on any atom is -0.484 e.